The van der Waals surface area contributed by atoms with Crippen LogP contribution in [0.15, 0.2) is 0 Å². The largest absolute Gasteiger partial charge is 0.395 e. The molecule has 0 saturated heterocycles. The van der Waals surface area contributed by atoms with Crippen LogP contribution >= 0.6 is 0 Å². The van der Waals surface area contributed by atoms with E-state index in [1.807, 2.05) is 20.8 Å². The molecule has 0 aromatic rings. The van der Waals surface area contributed by atoms with Crippen LogP contribution in [0.1, 0.15) is 40.0 Å². The number of nitrogens with zero attached hydrogens (tertiary/aromatic N) is 1. The summed E-state index contributed by atoms with van der Waals surface area (Å²) >= 11 is 0. The maximum atomic E-state index is 11.9. The van der Waals surface area contributed by atoms with E-state index in [0.717, 1.165) is 12.8 Å². The smallest absolute Gasteiger partial charge is 0.279 e. The van der Waals surface area contributed by atoms with E-state index in [-0.39, 0.29) is 12.6 Å². The van der Waals surface area contributed by atoms with Gasteiger partial charge < -0.3 is 5.11 Å². The molecule has 0 spiro atoms. The van der Waals surface area contributed by atoms with Gasteiger partial charge >= 0.3 is 0 Å². The molecule has 0 fully saturated rings. The van der Waals surface area contributed by atoms with Crippen molar-refractivity contribution >= 4 is 10.2 Å². The van der Waals surface area contributed by atoms with Crippen LogP contribution in [-0.4, -0.2) is 43.6 Å². The van der Waals surface area contributed by atoms with Crippen LogP contribution in [-0.2, 0) is 10.2 Å². The molecule has 98 valence electrons. The van der Waals surface area contributed by atoms with E-state index in [9.17, 15) is 8.42 Å². The van der Waals surface area contributed by atoms with Crippen molar-refractivity contribution in [3.63, 3.8) is 0 Å². The summed E-state index contributed by atoms with van der Waals surface area (Å²) < 4.78 is 27.8. The molecule has 0 aliphatic carbocycles. The molecule has 0 rings (SSSR count). The molecular weight excluding hydrogens is 228 g/mol. The Kier molecular flexibility index (Phi) is 7.91. The molecule has 1 unspecified atom stereocenters. The Bertz CT molecular complexity index is 257. The minimum atomic E-state index is -3.45. The van der Waals surface area contributed by atoms with Crippen LogP contribution in [0.2, 0.25) is 0 Å². The quantitative estimate of drug-likeness (QED) is 0.635. The lowest BCUT2D eigenvalue weighted by Gasteiger charge is -2.24. The van der Waals surface area contributed by atoms with Gasteiger partial charge in [0.25, 0.3) is 10.2 Å². The highest BCUT2D eigenvalue weighted by Gasteiger charge is 2.22. The molecule has 0 bridgehead atoms. The van der Waals surface area contributed by atoms with Crippen molar-refractivity contribution in [1.29, 1.82) is 0 Å². The molecule has 2 N–H and O–H groups in total. The van der Waals surface area contributed by atoms with E-state index in [4.69, 9.17) is 5.11 Å². The van der Waals surface area contributed by atoms with Crippen molar-refractivity contribution < 1.29 is 13.5 Å². The van der Waals surface area contributed by atoms with E-state index in [2.05, 4.69) is 4.72 Å². The second kappa shape index (κ2) is 8.00. The zero-order valence-electron chi connectivity index (χ0n) is 10.4. The summed E-state index contributed by atoms with van der Waals surface area (Å²) in [6, 6.07) is -0.388. The highest BCUT2D eigenvalue weighted by atomic mass is 32.2. The lowest BCUT2D eigenvalue weighted by atomic mass is 10.3. The van der Waals surface area contributed by atoms with Gasteiger partial charge in [0.2, 0.25) is 0 Å². The minimum Gasteiger partial charge on any atom is -0.395 e. The molecule has 0 aromatic heterocycles. The molecule has 5 nitrogen and oxygen atoms in total. The number of aliphatic hydroxyl groups excluding tert-OH is 1. The fourth-order valence-electron chi connectivity index (χ4n) is 1.39. The standard InChI is InChI=1S/C10H24N2O3S/c1-4-7-12(8-5-2)16(14,15)11-10(6-3)9-13/h10-11,13H,4-9H2,1-3H3. The Balaban J connectivity index is 4.57. The van der Waals surface area contributed by atoms with Crippen molar-refractivity contribution in [3.8, 4) is 0 Å². The third-order valence-corrected chi connectivity index (χ3v) is 3.99. The summed E-state index contributed by atoms with van der Waals surface area (Å²) in [5, 5.41) is 8.99. The molecule has 16 heavy (non-hydrogen) atoms. The van der Waals surface area contributed by atoms with Crippen LogP contribution in [0.5, 0.6) is 0 Å². The van der Waals surface area contributed by atoms with Gasteiger partial charge in [0, 0.05) is 19.1 Å². The van der Waals surface area contributed by atoms with Crippen LogP contribution in [0, 0.1) is 0 Å². The second-order valence-corrected chi connectivity index (χ2v) is 5.51. The molecule has 1 atom stereocenters. The van der Waals surface area contributed by atoms with Crippen LogP contribution in [0.25, 0.3) is 0 Å². The SMILES string of the molecule is CCCN(CCC)S(=O)(=O)NC(CC)CO. The first kappa shape index (κ1) is 15.8. The molecule has 0 aromatic carbocycles. The van der Waals surface area contributed by atoms with Gasteiger partial charge in [0.1, 0.15) is 0 Å². The molecule has 0 saturated carbocycles. The average Bonchev–Trinajstić information content (AvgIpc) is 2.25. The van der Waals surface area contributed by atoms with Gasteiger partial charge in [-0.25, -0.2) is 0 Å². The highest BCUT2D eigenvalue weighted by Crippen LogP contribution is 2.03. The summed E-state index contributed by atoms with van der Waals surface area (Å²) in [7, 11) is -3.45. The van der Waals surface area contributed by atoms with Gasteiger partial charge in [-0.3, -0.25) is 0 Å². The monoisotopic (exact) mass is 252 g/mol. The third kappa shape index (κ3) is 5.25. The Labute approximate surface area is 99.0 Å². The molecule has 0 heterocycles. The maximum absolute atomic E-state index is 11.9. The number of aliphatic hydroxyl groups is 1. The van der Waals surface area contributed by atoms with Gasteiger partial charge in [0.15, 0.2) is 0 Å². The zero-order valence-corrected chi connectivity index (χ0v) is 11.3. The molecule has 0 radical (unpaired) electrons. The van der Waals surface area contributed by atoms with E-state index >= 15 is 0 Å². The molecule has 0 aliphatic rings. The zero-order chi connectivity index (χ0) is 12.6. The first-order chi connectivity index (χ1) is 7.51. The predicted octanol–water partition coefficient (Wildman–Crippen LogP) is 0.714. The lowest BCUT2D eigenvalue weighted by molar-refractivity contribution is 0.250. The van der Waals surface area contributed by atoms with Crippen molar-refractivity contribution in [2.45, 2.75) is 46.1 Å². The van der Waals surface area contributed by atoms with Crippen molar-refractivity contribution in [3.05, 3.63) is 0 Å². The van der Waals surface area contributed by atoms with Gasteiger partial charge in [-0.05, 0) is 19.3 Å². The maximum Gasteiger partial charge on any atom is 0.279 e. The molecule has 0 aliphatic heterocycles. The summed E-state index contributed by atoms with van der Waals surface area (Å²) in [5.74, 6) is 0. The first-order valence-corrected chi connectivity index (χ1v) is 7.34. The third-order valence-electron chi connectivity index (χ3n) is 2.31. The van der Waals surface area contributed by atoms with Crippen LogP contribution in [0.4, 0.5) is 0 Å². The van der Waals surface area contributed by atoms with Crippen molar-refractivity contribution in [2.75, 3.05) is 19.7 Å². The van der Waals surface area contributed by atoms with Gasteiger partial charge in [0.05, 0.1) is 6.61 Å². The van der Waals surface area contributed by atoms with Gasteiger partial charge in [-0.2, -0.15) is 17.4 Å². The van der Waals surface area contributed by atoms with E-state index in [0.29, 0.717) is 19.5 Å². The normalized spacial score (nSPS) is 14.3. The van der Waals surface area contributed by atoms with Gasteiger partial charge in [-0.1, -0.05) is 20.8 Å². The summed E-state index contributed by atoms with van der Waals surface area (Å²) in [5.41, 5.74) is 0. The molecule has 0 amide bonds. The van der Waals surface area contributed by atoms with Crippen LogP contribution in [0.3, 0.4) is 0 Å². The first-order valence-electron chi connectivity index (χ1n) is 5.90. The fraction of sp³-hybridized carbons (Fsp3) is 1.00. The van der Waals surface area contributed by atoms with Gasteiger partial charge in [-0.15, -0.1) is 0 Å². The van der Waals surface area contributed by atoms with E-state index in [1.165, 1.54) is 4.31 Å². The van der Waals surface area contributed by atoms with Crippen molar-refractivity contribution in [1.82, 2.24) is 9.03 Å². The predicted molar refractivity (Wildman–Crippen MR) is 65.4 cm³/mol. The number of nitrogens with one attached hydrogen (secondary N) is 1. The Morgan fingerprint density at radius 1 is 1.19 bits per heavy atom. The average molecular weight is 252 g/mol. The summed E-state index contributed by atoms with van der Waals surface area (Å²) in [4.78, 5) is 0. The summed E-state index contributed by atoms with van der Waals surface area (Å²) in [6.45, 7) is 6.61. The Morgan fingerprint density at radius 2 is 1.69 bits per heavy atom. The number of rotatable bonds is 9. The summed E-state index contributed by atoms with van der Waals surface area (Å²) in [6.07, 6.45) is 2.16. The lowest BCUT2D eigenvalue weighted by Crippen LogP contribution is -2.47. The minimum absolute atomic E-state index is 0.165. The molecular formula is C10H24N2O3S. The highest BCUT2D eigenvalue weighted by molar-refractivity contribution is 7.87. The topological polar surface area (TPSA) is 69.6 Å². The van der Waals surface area contributed by atoms with E-state index in [1.54, 1.807) is 0 Å². The van der Waals surface area contributed by atoms with E-state index < -0.39 is 10.2 Å². The second-order valence-electron chi connectivity index (χ2n) is 3.81. The molecule has 6 heteroatoms. The van der Waals surface area contributed by atoms with Crippen molar-refractivity contribution in [2.24, 2.45) is 0 Å². The number of hydrogen-bond acceptors (Lipinski definition) is 3. The Morgan fingerprint density at radius 3 is 2.00 bits per heavy atom. The Hall–Kier alpha value is -0.170. The fourth-order valence-corrected chi connectivity index (χ4v) is 3.04. The number of hydrogen-bond donors (Lipinski definition) is 2. The van der Waals surface area contributed by atoms with Crippen LogP contribution < -0.4 is 4.72 Å².